The highest BCUT2D eigenvalue weighted by Crippen LogP contribution is 2.36. The zero-order chi connectivity index (χ0) is 16.6. The number of aromatic nitrogens is 2. The van der Waals surface area contributed by atoms with Crippen molar-refractivity contribution in [2.24, 2.45) is 0 Å². The number of carbonyl (C=O) groups is 1. The Morgan fingerprint density at radius 3 is 2.43 bits per heavy atom. The maximum atomic E-state index is 13.1. The first-order chi connectivity index (χ1) is 10.8. The average Bonchev–Trinajstić information content (AvgIpc) is 2.47. The van der Waals surface area contributed by atoms with E-state index in [4.69, 9.17) is 0 Å². The first kappa shape index (κ1) is 15.2. The maximum absolute atomic E-state index is 13.1. The lowest BCUT2D eigenvalue weighted by molar-refractivity contribution is -0.142. The van der Waals surface area contributed by atoms with Gasteiger partial charge in [-0.15, -0.1) is 0 Å². The molecule has 2 aromatic rings. The van der Waals surface area contributed by atoms with Crippen molar-refractivity contribution >= 4 is 17.4 Å². The van der Waals surface area contributed by atoms with Gasteiger partial charge in [0.15, 0.2) is 0 Å². The Bertz CT molecular complexity index is 852. The molecule has 0 amide bonds. The van der Waals surface area contributed by atoms with E-state index in [0.29, 0.717) is 5.57 Å². The normalized spacial score (nSPS) is 16.5. The summed E-state index contributed by atoms with van der Waals surface area (Å²) in [5, 5.41) is 0. The average molecular weight is 320 g/mol. The number of H-pyrrole nitrogens is 1. The van der Waals surface area contributed by atoms with Gasteiger partial charge in [-0.05, 0) is 17.2 Å². The summed E-state index contributed by atoms with van der Waals surface area (Å²) >= 11 is 0. The van der Waals surface area contributed by atoms with E-state index >= 15 is 0 Å². The number of nitrogens with zero attached hydrogens (tertiary/aromatic N) is 1. The number of allylic oxidation sites excluding steroid dienone is 1. The molecule has 0 spiro atoms. The van der Waals surface area contributed by atoms with E-state index in [1.807, 2.05) is 0 Å². The molecular weight excluding hydrogens is 309 g/mol. The lowest BCUT2D eigenvalue weighted by Gasteiger charge is -2.20. The summed E-state index contributed by atoms with van der Waals surface area (Å²) < 4.78 is 39.3. The molecule has 1 N–H and O–H groups in total. The summed E-state index contributed by atoms with van der Waals surface area (Å²) in [6.07, 6.45) is -3.60. The molecular formula is C16H11F3N2O2. The molecule has 0 saturated carbocycles. The fourth-order valence-electron chi connectivity index (χ4n) is 2.60. The predicted octanol–water partition coefficient (Wildman–Crippen LogP) is 2.84. The van der Waals surface area contributed by atoms with Crippen molar-refractivity contribution in [2.75, 3.05) is 0 Å². The Hall–Kier alpha value is -2.70. The number of ketones is 1. The highest BCUT2D eigenvalue weighted by atomic mass is 19.4. The van der Waals surface area contributed by atoms with Gasteiger partial charge in [-0.25, -0.2) is 4.79 Å². The van der Waals surface area contributed by atoms with Gasteiger partial charge in [0.1, 0.15) is 11.5 Å². The van der Waals surface area contributed by atoms with Gasteiger partial charge in [0.05, 0.1) is 5.69 Å². The highest BCUT2D eigenvalue weighted by molar-refractivity contribution is 6.00. The van der Waals surface area contributed by atoms with Gasteiger partial charge in [0, 0.05) is 18.4 Å². The quantitative estimate of drug-likeness (QED) is 0.879. The van der Waals surface area contributed by atoms with Crippen molar-refractivity contribution in [1.82, 2.24) is 9.97 Å². The maximum Gasteiger partial charge on any atom is 0.431 e. The first-order valence-corrected chi connectivity index (χ1v) is 6.82. The van der Waals surface area contributed by atoms with Crippen molar-refractivity contribution in [3.8, 4) is 0 Å². The molecule has 1 aliphatic rings. The number of alkyl halides is 3. The van der Waals surface area contributed by atoms with Crippen LogP contribution >= 0.6 is 0 Å². The summed E-state index contributed by atoms with van der Waals surface area (Å²) in [5.74, 6) is -0.348. The molecule has 0 aliphatic heterocycles. The van der Waals surface area contributed by atoms with Crippen molar-refractivity contribution in [3.63, 3.8) is 0 Å². The fourth-order valence-corrected chi connectivity index (χ4v) is 2.60. The zero-order valence-electron chi connectivity index (χ0n) is 11.8. The van der Waals surface area contributed by atoms with Gasteiger partial charge in [-0.3, -0.25) is 4.79 Å². The number of carbonyl (C=O) groups excluding carboxylic acids is 1. The van der Waals surface area contributed by atoms with E-state index in [2.05, 4.69) is 4.98 Å². The van der Waals surface area contributed by atoms with Gasteiger partial charge in [0.25, 0.3) is 0 Å². The third-order valence-corrected chi connectivity index (χ3v) is 3.52. The van der Waals surface area contributed by atoms with Gasteiger partial charge < -0.3 is 4.98 Å². The Kier molecular flexibility index (Phi) is 3.63. The summed E-state index contributed by atoms with van der Waals surface area (Å²) in [5.41, 5.74) is -1.55. The van der Waals surface area contributed by atoms with Gasteiger partial charge in [-0.2, -0.15) is 18.2 Å². The second kappa shape index (κ2) is 5.49. The Labute approximate surface area is 128 Å². The van der Waals surface area contributed by atoms with E-state index in [1.165, 1.54) is 0 Å². The molecule has 1 aliphatic carbocycles. The van der Waals surface area contributed by atoms with E-state index in [0.717, 1.165) is 5.56 Å². The molecule has 0 fully saturated rings. The predicted molar refractivity (Wildman–Crippen MR) is 77.5 cm³/mol. The van der Waals surface area contributed by atoms with Crippen molar-refractivity contribution in [3.05, 3.63) is 63.3 Å². The number of halogens is 3. The van der Waals surface area contributed by atoms with E-state index in [-0.39, 0.29) is 29.9 Å². The molecule has 1 aromatic heterocycles. The molecule has 0 bridgehead atoms. The number of benzene rings is 1. The minimum Gasteiger partial charge on any atom is -0.301 e. The Morgan fingerprint density at radius 1 is 1.09 bits per heavy atom. The van der Waals surface area contributed by atoms with Crippen molar-refractivity contribution in [2.45, 2.75) is 19.0 Å². The van der Waals surface area contributed by atoms with Gasteiger partial charge >= 0.3 is 11.9 Å². The van der Waals surface area contributed by atoms with Crippen LogP contribution in [0.2, 0.25) is 0 Å². The van der Waals surface area contributed by atoms with Crippen LogP contribution in [0.25, 0.3) is 11.6 Å². The molecule has 23 heavy (non-hydrogen) atoms. The number of aromatic amines is 1. The van der Waals surface area contributed by atoms with E-state index < -0.39 is 17.6 Å². The van der Waals surface area contributed by atoms with Crippen LogP contribution in [-0.4, -0.2) is 15.8 Å². The first-order valence-electron chi connectivity index (χ1n) is 6.82. The number of hydrogen-bond acceptors (Lipinski definition) is 3. The van der Waals surface area contributed by atoms with Crippen LogP contribution in [0.15, 0.2) is 35.1 Å². The summed E-state index contributed by atoms with van der Waals surface area (Å²) in [4.78, 5) is 28.7. The minimum atomic E-state index is -4.75. The van der Waals surface area contributed by atoms with Crippen LogP contribution < -0.4 is 5.69 Å². The molecule has 1 heterocycles. The molecule has 4 nitrogen and oxygen atoms in total. The van der Waals surface area contributed by atoms with E-state index in [9.17, 15) is 22.8 Å². The molecule has 0 unspecified atom stereocenters. The van der Waals surface area contributed by atoms with Crippen LogP contribution in [0.5, 0.6) is 0 Å². The molecule has 0 radical (unpaired) electrons. The monoisotopic (exact) mass is 320 g/mol. The van der Waals surface area contributed by atoms with Crippen molar-refractivity contribution < 1.29 is 18.0 Å². The van der Waals surface area contributed by atoms with Gasteiger partial charge in [-0.1, -0.05) is 30.3 Å². The smallest absolute Gasteiger partial charge is 0.301 e. The number of rotatable bonds is 1. The number of fused-ring (bicyclic) bond motifs is 1. The van der Waals surface area contributed by atoms with Gasteiger partial charge in [0.2, 0.25) is 0 Å². The lowest BCUT2D eigenvalue weighted by Crippen LogP contribution is -2.28. The largest absolute Gasteiger partial charge is 0.431 e. The second-order valence-electron chi connectivity index (χ2n) is 5.21. The minimum absolute atomic E-state index is 0.0460. The van der Waals surface area contributed by atoms with E-state index in [1.54, 1.807) is 41.4 Å². The van der Waals surface area contributed by atoms with Crippen LogP contribution in [0.4, 0.5) is 13.2 Å². The number of hydrogen-bond donors (Lipinski definition) is 1. The molecule has 0 saturated heterocycles. The zero-order valence-corrected chi connectivity index (χ0v) is 11.8. The summed E-state index contributed by atoms with van der Waals surface area (Å²) in [7, 11) is 0. The Balaban J connectivity index is 2.23. The molecule has 7 heteroatoms. The third-order valence-electron chi connectivity index (χ3n) is 3.52. The van der Waals surface area contributed by atoms with Crippen LogP contribution in [0.3, 0.4) is 0 Å². The number of Topliss-reactive ketones (excluding diaryl/α,β-unsaturated/α-hetero) is 1. The topological polar surface area (TPSA) is 62.8 Å². The lowest BCUT2D eigenvalue weighted by atomic mass is 9.88. The van der Waals surface area contributed by atoms with Crippen LogP contribution in [-0.2, 0) is 17.4 Å². The summed E-state index contributed by atoms with van der Waals surface area (Å²) in [6.45, 7) is 0. The fraction of sp³-hybridized carbons (Fsp3) is 0.188. The standard InChI is InChI=1S/C16H11F3N2O2/c17-16(18,19)14-12-8-11(22)7-10(13(12)20-15(23)21-14)6-9-4-2-1-3-5-9/h1-6H,7-8H2,(H,20,21,23). The Morgan fingerprint density at radius 2 is 1.78 bits per heavy atom. The SMILES string of the molecule is O=C1CC(=Cc2ccccc2)c2nc(=O)[nH]c(C(F)(F)F)c2C1. The highest BCUT2D eigenvalue weighted by Gasteiger charge is 2.38. The molecule has 118 valence electrons. The summed E-state index contributed by atoms with van der Waals surface area (Å²) in [6, 6.07) is 8.84. The van der Waals surface area contributed by atoms with Crippen molar-refractivity contribution in [1.29, 1.82) is 0 Å². The molecule has 3 rings (SSSR count). The third kappa shape index (κ3) is 3.08. The second-order valence-corrected chi connectivity index (χ2v) is 5.21. The van der Waals surface area contributed by atoms with Crippen LogP contribution in [0, 0.1) is 0 Å². The van der Waals surface area contributed by atoms with Crippen LogP contribution in [0.1, 0.15) is 28.9 Å². The number of nitrogens with one attached hydrogen (secondary N) is 1. The molecule has 0 atom stereocenters. The molecule has 1 aromatic carbocycles.